The van der Waals surface area contributed by atoms with Gasteiger partial charge in [-0.2, -0.15) is 0 Å². The summed E-state index contributed by atoms with van der Waals surface area (Å²) in [5.74, 6) is -4.69. The van der Waals surface area contributed by atoms with E-state index in [1.807, 2.05) is 4.72 Å². The van der Waals surface area contributed by atoms with E-state index in [9.17, 15) is 21.6 Å². The number of aryl methyl sites for hydroxylation is 2. The second kappa shape index (κ2) is 5.40. The molecule has 0 aliphatic carbocycles. The van der Waals surface area contributed by atoms with Gasteiger partial charge in [0.25, 0.3) is 10.0 Å². The number of hydrogen-bond acceptors (Lipinski definition) is 2. The minimum Gasteiger partial charge on any atom is -0.277 e. The van der Waals surface area contributed by atoms with Crippen LogP contribution in [0.5, 0.6) is 0 Å². The Morgan fingerprint density at radius 1 is 0.952 bits per heavy atom. The van der Waals surface area contributed by atoms with Gasteiger partial charge in [0.05, 0.1) is 10.6 Å². The van der Waals surface area contributed by atoms with E-state index in [0.29, 0.717) is 11.6 Å². The topological polar surface area (TPSA) is 46.2 Å². The molecule has 0 amide bonds. The molecule has 0 radical (unpaired) electrons. The summed E-state index contributed by atoms with van der Waals surface area (Å²) in [7, 11) is -4.09. The fraction of sp³-hybridized carbons (Fsp3) is 0.143. The van der Waals surface area contributed by atoms with Crippen LogP contribution in [0.3, 0.4) is 0 Å². The fourth-order valence-electron chi connectivity index (χ4n) is 1.91. The van der Waals surface area contributed by atoms with E-state index >= 15 is 0 Å². The molecule has 0 saturated carbocycles. The first kappa shape index (κ1) is 15.4. The summed E-state index contributed by atoms with van der Waals surface area (Å²) in [6.07, 6.45) is 0. The van der Waals surface area contributed by atoms with Gasteiger partial charge in [0.1, 0.15) is 0 Å². The number of halogens is 3. The molecule has 0 heterocycles. The number of nitrogens with one attached hydrogen (secondary N) is 1. The van der Waals surface area contributed by atoms with Crippen LogP contribution in [0.25, 0.3) is 0 Å². The molecule has 0 spiro atoms. The highest BCUT2D eigenvalue weighted by Gasteiger charge is 2.21. The highest BCUT2D eigenvalue weighted by Crippen LogP contribution is 2.24. The third-order valence-electron chi connectivity index (χ3n) is 2.90. The zero-order valence-electron chi connectivity index (χ0n) is 11.2. The Hall–Kier alpha value is -2.02. The first-order valence-electron chi connectivity index (χ1n) is 5.96. The quantitative estimate of drug-likeness (QED) is 0.881. The van der Waals surface area contributed by atoms with Gasteiger partial charge < -0.3 is 0 Å². The summed E-state index contributed by atoms with van der Waals surface area (Å²) in [5.41, 5.74) is 0.685. The van der Waals surface area contributed by atoms with Crippen LogP contribution in [0.2, 0.25) is 0 Å². The molecule has 2 aromatic rings. The normalized spacial score (nSPS) is 11.5. The summed E-state index contributed by atoms with van der Waals surface area (Å²) in [4.78, 5) is -0.0581. The number of rotatable bonds is 3. The van der Waals surface area contributed by atoms with Crippen molar-refractivity contribution in [3.63, 3.8) is 0 Å². The number of anilines is 1. The summed E-state index contributed by atoms with van der Waals surface area (Å²) in [6.45, 7) is 3.38. The molecule has 112 valence electrons. The zero-order chi connectivity index (χ0) is 15.8. The van der Waals surface area contributed by atoms with Crippen LogP contribution in [-0.4, -0.2) is 8.42 Å². The smallest absolute Gasteiger partial charge is 0.262 e. The van der Waals surface area contributed by atoms with E-state index in [1.54, 1.807) is 26.0 Å². The van der Waals surface area contributed by atoms with Crippen molar-refractivity contribution in [3.8, 4) is 0 Å². The summed E-state index contributed by atoms with van der Waals surface area (Å²) < 4.78 is 65.8. The Balaban J connectivity index is 2.45. The molecular weight excluding hydrogens is 303 g/mol. The van der Waals surface area contributed by atoms with Crippen molar-refractivity contribution in [2.24, 2.45) is 0 Å². The van der Waals surface area contributed by atoms with Crippen LogP contribution in [0.15, 0.2) is 35.2 Å². The lowest BCUT2D eigenvalue weighted by molar-refractivity contribution is 0.449. The average Bonchev–Trinajstić information content (AvgIpc) is 2.39. The van der Waals surface area contributed by atoms with Gasteiger partial charge in [0, 0.05) is 0 Å². The lowest BCUT2D eigenvalue weighted by atomic mass is 10.2. The molecule has 0 aliphatic heterocycles. The molecule has 0 bridgehead atoms. The van der Waals surface area contributed by atoms with Gasteiger partial charge in [-0.25, -0.2) is 21.6 Å². The van der Waals surface area contributed by atoms with E-state index in [1.165, 1.54) is 6.07 Å². The van der Waals surface area contributed by atoms with Crippen LogP contribution < -0.4 is 4.72 Å². The zero-order valence-corrected chi connectivity index (χ0v) is 12.1. The summed E-state index contributed by atoms with van der Waals surface area (Å²) >= 11 is 0. The Morgan fingerprint density at radius 3 is 2.24 bits per heavy atom. The molecule has 0 aliphatic rings. The average molecular weight is 315 g/mol. The molecule has 0 aromatic heterocycles. The monoisotopic (exact) mass is 315 g/mol. The maximum absolute atomic E-state index is 13.5. The third kappa shape index (κ3) is 3.02. The highest BCUT2D eigenvalue weighted by molar-refractivity contribution is 7.92. The Labute approximate surface area is 120 Å². The molecule has 0 atom stereocenters. The van der Waals surface area contributed by atoms with Crippen molar-refractivity contribution >= 4 is 15.7 Å². The summed E-state index contributed by atoms with van der Waals surface area (Å²) in [5, 5.41) is 0. The standard InChI is InChI=1S/C14H12F3NO2S/c1-8-3-6-12(9(2)7-8)21(19,20)18-11-5-4-10(15)13(16)14(11)17/h3-7,18H,1-2H3. The molecule has 7 heteroatoms. The SMILES string of the molecule is Cc1ccc(S(=O)(=O)Nc2ccc(F)c(F)c2F)c(C)c1. The molecule has 2 rings (SSSR count). The van der Waals surface area contributed by atoms with E-state index < -0.39 is 33.2 Å². The first-order chi connectivity index (χ1) is 9.72. The predicted octanol–water partition coefficient (Wildman–Crippen LogP) is 3.52. The summed E-state index contributed by atoms with van der Waals surface area (Å²) in [6, 6.07) is 6.08. The predicted molar refractivity (Wildman–Crippen MR) is 73.0 cm³/mol. The Bertz CT molecular complexity index is 804. The molecule has 0 unspecified atom stereocenters. The van der Waals surface area contributed by atoms with Crippen molar-refractivity contribution in [1.29, 1.82) is 0 Å². The van der Waals surface area contributed by atoms with Crippen molar-refractivity contribution in [1.82, 2.24) is 0 Å². The highest BCUT2D eigenvalue weighted by atomic mass is 32.2. The van der Waals surface area contributed by atoms with Gasteiger partial charge in [-0.1, -0.05) is 17.7 Å². The number of sulfonamides is 1. The number of hydrogen-bond donors (Lipinski definition) is 1. The van der Waals surface area contributed by atoms with Gasteiger partial charge >= 0.3 is 0 Å². The van der Waals surface area contributed by atoms with Crippen molar-refractivity contribution in [2.45, 2.75) is 18.7 Å². The van der Waals surface area contributed by atoms with Gasteiger partial charge in [0.15, 0.2) is 17.5 Å². The van der Waals surface area contributed by atoms with Crippen LogP contribution in [-0.2, 0) is 10.0 Å². The van der Waals surface area contributed by atoms with Crippen LogP contribution in [0.4, 0.5) is 18.9 Å². The Morgan fingerprint density at radius 2 is 1.62 bits per heavy atom. The van der Waals surface area contributed by atoms with E-state index in [4.69, 9.17) is 0 Å². The minimum atomic E-state index is -4.09. The van der Waals surface area contributed by atoms with Gasteiger partial charge in [-0.05, 0) is 37.6 Å². The molecule has 0 fully saturated rings. The molecule has 21 heavy (non-hydrogen) atoms. The second-order valence-corrected chi connectivity index (χ2v) is 6.25. The van der Waals surface area contributed by atoms with Crippen LogP contribution >= 0.6 is 0 Å². The largest absolute Gasteiger partial charge is 0.277 e. The molecule has 0 saturated heterocycles. The molecule has 2 aromatic carbocycles. The lowest BCUT2D eigenvalue weighted by Crippen LogP contribution is -2.16. The van der Waals surface area contributed by atoms with Gasteiger partial charge in [0.2, 0.25) is 0 Å². The third-order valence-corrected chi connectivity index (χ3v) is 4.43. The van der Waals surface area contributed by atoms with Crippen LogP contribution in [0.1, 0.15) is 11.1 Å². The van der Waals surface area contributed by atoms with Crippen molar-refractivity contribution in [3.05, 3.63) is 58.9 Å². The molecule has 1 N–H and O–H groups in total. The van der Waals surface area contributed by atoms with E-state index in [0.717, 1.165) is 11.6 Å². The lowest BCUT2D eigenvalue weighted by Gasteiger charge is -2.12. The number of benzene rings is 2. The van der Waals surface area contributed by atoms with E-state index in [-0.39, 0.29) is 4.90 Å². The van der Waals surface area contributed by atoms with Gasteiger partial charge in [-0.3, -0.25) is 4.72 Å². The fourth-order valence-corrected chi connectivity index (χ4v) is 3.19. The van der Waals surface area contributed by atoms with E-state index in [2.05, 4.69) is 0 Å². The molecular formula is C14H12F3NO2S. The maximum atomic E-state index is 13.5. The van der Waals surface area contributed by atoms with Gasteiger partial charge in [-0.15, -0.1) is 0 Å². The maximum Gasteiger partial charge on any atom is 0.262 e. The first-order valence-corrected chi connectivity index (χ1v) is 7.44. The second-order valence-electron chi connectivity index (χ2n) is 4.60. The Kier molecular flexibility index (Phi) is 3.95. The van der Waals surface area contributed by atoms with Crippen molar-refractivity contribution < 1.29 is 21.6 Å². The van der Waals surface area contributed by atoms with Crippen LogP contribution in [0, 0.1) is 31.3 Å². The minimum absolute atomic E-state index is 0.0581. The van der Waals surface area contributed by atoms with Crippen molar-refractivity contribution in [2.75, 3.05) is 4.72 Å². The molecule has 3 nitrogen and oxygen atoms in total.